The number of benzene rings is 2. The number of amides is 1. The second-order valence-corrected chi connectivity index (χ2v) is 10.0. The summed E-state index contributed by atoms with van der Waals surface area (Å²) in [7, 11) is 0. The summed E-state index contributed by atoms with van der Waals surface area (Å²) < 4.78 is 6.32. The maximum atomic E-state index is 12.3. The SMILES string of the molecule is Cc1cc(N2C(=S)NC(c3ccccn3)C2c2ccc(-c3cccc([N+](=O)[O-])c3)o2)ccc1NC(=O)C(C)C. The van der Waals surface area contributed by atoms with E-state index in [1.165, 1.54) is 12.1 Å². The van der Waals surface area contributed by atoms with E-state index in [2.05, 4.69) is 15.6 Å². The number of hydrogen-bond donors (Lipinski definition) is 2. The number of furan rings is 1. The molecule has 9 nitrogen and oxygen atoms in total. The topological polar surface area (TPSA) is 114 Å². The number of aromatic nitrogens is 1. The van der Waals surface area contributed by atoms with Gasteiger partial charge < -0.3 is 20.0 Å². The van der Waals surface area contributed by atoms with E-state index in [-0.39, 0.29) is 23.6 Å². The largest absolute Gasteiger partial charge is 0.459 e. The average Bonchev–Trinajstić information content (AvgIpc) is 3.55. The van der Waals surface area contributed by atoms with Crippen LogP contribution >= 0.6 is 12.2 Å². The Morgan fingerprint density at radius 1 is 1.13 bits per heavy atom. The lowest BCUT2D eigenvalue weighted by Gasteiger charge is -2.27. The molecular weight excluding hydrogens is 514 g/mol. The molecule has 4 aromatic rings. The van der Waals surface area contributed by atoms with E-state index in [9.17, 15) is 14.9 Å². The van der Waals surface area contributed by atoms with Gasteiger partial charge in [0, 0.05) is 41.2 Å². The maximum absolute atomic E-state index is 12.3. The molecule has 0 bridgehead atoms. The van der Waals surface area contributed by atoms with E-state index < -0.39 is 11.0 Å². The molecule has 0 aliphatic carbocycles. The summed E-state index contributed by atoms with van der Waals surface area (Å²) in [6, 6.07) is 20.7. The van der Waals surface area contributed by atoms with Crippen molar-refractivity contribution in [1.29, 1.82) is 0 Å². The molecule has 2 aromatic carbocycles. The quantitative estimate of drug-likeness (QED) is 0.159. The lowest BCUT2D eigenvalue weighted by atomic mass is 10.0. The van der Waals surface area contributed by atoms with Gasteiger partial charge in [0.2, 0.25) is 5.91 Å². The Bertz CT molecular complexity index is 1550. The number of nitro benzene ring substituents is 1. The summed E-state index contributed by atoms with van der Waals surface area (Å²) in [6.07, 6.45) is 1.73. The van der Waals surface area contributed by atoms with Crippen LogP contribution in [-0.4, -0.2) is 20.9 Å². The molecule has 1 aliphatic rings. The molecule has 198 valence electrons. The standard InChI is InChI=1S/C29H27N5O4S/c1-17(2)28(35)31-22-11-10-20(15-18(22)3)33-27(26(32-29(33)39)23-9-4-5-14-30-23)25-13-12-24(38-25)19-7-6-8-21(16-19)34(36)37/h4-17,26-27H,1-3H3,(H,31,35)(H,32,39). The number of nitrogens with zero attached hydrogens (tertiary/aromatic N) is 3. The van der Waals surface area contributed by atoms with Crippen LogP contribution in [0.15, 0.2) is 83.4 Å². The Labute approximate surface area is 231 Å². The molecule has 2 aromatic heterocycles. The number of hydrogen-bond acceptors (Lipinski definition) is 6. The summed E-state index contributed by atoms with van der Waals surface area (Å²) in [5, 5.41) is 18.2. The van der Waals surface area contributed by atoms with Crippen molar-refractivity contribution in [3.8, 4) is 11.3 Å². The number of aryl methyl sites for hydroxylation is 1. The average molecular weight is 542 g/mol. The molecule has 1 fully saturated rings. The first-order valence-corrected chi connectivity index (χ1v) is 12.9. The van der Waals surface area contributed by atoms with Crippen LogP contribution in [0.1, 0.15) is 42.9 Å². The van der Waals surface area contributed by atoms with Crippen molar-refractivity contribution >= 4 is 40.3 Å². The van der Waals surface area contributed by atoms with Crippen LogP contribution in [0, 0.1) is 23.0 Å². The van der Waals surface area contributed by atoms with E-state index in [0.717, 1.165) is 22.6 Å². The van der Waals surface area contributed by atoms with Crippen molar-refractivity contribution < 1.29 is 14.1 Å². The molecule has 5 rings (SSSR count). The number of pyridine rings is 1. The highest BCUT2D eigenvalue weighted by Crippen LogP contribution is 2.43. The van der Waals surface area contributed by atoms with Gasteiger partial charge in [-0.3, -0.25) is 19.9 Å². The molecule has 3 heterocycles. The van der Waals surface area contributed by atoms with Gasteiger partial charge >= 0.3 is 0 Å². The van der Waals surface area contributed by atoms with E-state index in [4.69, 9.17) is 16.6 Å². The maximum Gasteiger partial charge on any atom is 0.270 e. The first-order chi connectivity index (χ1) is 18.7. The van der Waals surface area contributed by atoms with Crippen LogP contribution in [0.5, 0.6) is 0 Å². The predicted molar refractivity (Wildman–Crippen MR) is 153 cm³/mol. The van der Waals surface area contributed by atoms with Crippen molar-refractivity contribution in [3.63, 3.8) is 0 Å². The van der Waals surface area contributed by atoms with Gasteiger partial charge in [-0.05, 0) is 67.2 Å². The number of nitrogens with one attached hydrogen (secondary N) is 2. The second kappa shape index (κ2) is 10.7. The summed E-state index contributed by atoms with van der Waals surface area (Å²) in [6.45, 7) is 5.63. The normalized spacial score (nSPS) is 16.8. The zero-order valence-corrected chi connectivity index (χ0v) is 22.4. The van der Waals surface area contributed by atoms with E-state index in [1.54, 1.807) is 24.4 Å². The molecule has 2 N–H and O–H groups in total. The van der Waals surface area contributed by atoms with Gasteiger partial charge in [-0.15, -0.1) is 0 Å². The fourth-order valence-corrected chi connectivity index (χ4v) is 4.92. The van der Waals surface area contributed by atoms with Gasteiger partial charge in [0.1, 0.15) is 17.6 Å². The first-order valence-electron chi connectivity index (χ1n) is 12.5. The lowest BCUT2D eigenvalue weighted by molar-refractivity contribution is -0.384. The number of rotatable bonds is 7. The predicted octanol–water partition coefficient (Wildman–Crippen LogP) is 6.33. The third-order valence-corrected chi connectivity index (χ3v) is 6.94. The summed E-state index contributed by atoms with van der Waals surface area (Å²) in [5.41, 5.74) is 3.83. The van der Waals surface area contributed by atoms with Crippen molar-refractivity contribution in [2.75, 3.05) is 10.2 Å². The monoisotopic (exact) mass is 541 g/mol. The Morgan fingerprint density at radius 3 is 2.64 bits per heavy atom. The highest BCUT2D eigenvalue weighted by molar-refractivity contribution is 7.80. The first kappa shape index (κ1) is 26.1. The molecule has 1 amide bonds. The third kappa shape index (κ3) is 5.23. The highest BCUT2D eigenvalue weighted by Gasteiger charge is 2.42. The van der Waals surface area contributed by atoms with Crippen molar-refractivity contribution in [2.45, 2.75) is 32.9 Å². The van der Waals surface area contributed by atoms with Crippen LogP contribution in [-0.2, 0) is 4.79 Å². The molecule has 10 heteroatoms. The molecule has 0 radical (unpaired) electrons. The van der Waals surface area contributed by atoms with E-state index in [1.807, 2.05) is 68.1 Å². The van der Waals surface area contributed by atoms with Crippen LogP contribution in [0.2, 0.25) is 0 Å². The second-order valence-electron chi connectivity index (χ2n) is 9.65. The number of thiocarbonyl (C=S) groups is 1. The molecule has 1 aliphatic heterocycles. The van der Waals surface area contributed by atoms with Gasteiger partial charge in [-0.1, -0.05) is 32.0 Å². The van der Waals surface area contributed by atoms with Crippen LogP contribution in [0.25, 0.3) is 11.3 Å². The molecule has 1 saturated heterocycles. The summed E-state index contributed by atoms with van der Waals surface area (Å²) >= 11 is 5.80. The van der Waals surface area contributed by atoms with Gasteiger partial charge in [0.15, 0.2) is 5.11 Å². The lowest BCUT2D eigenvalue weighted by Crippen LogP contribution is -2.29. The van der Waals surface area contributed by atoms with Crippen molar-refractivity contribution in [2.24, 2.45) is 5.92 Å². The Kier molecular flexibility index (Phi) is 7.12. The highest BCUT2D eigenvalue weighted by atomic mass is 32.1. The molecule has 2 atom stereocenters. The van der Waals surface area contributed by atoms with E-state index >= 15 is 0 Å². The third-order valence-electron chi connectivity index (χ3n) is 6.63. The molecule has 0 spiro atoms. The van der Waals surface area contributed by atoms with E-state index in [0.29, 0.717) is 22.2 Å². The molecular formula is C29H27N5O4S. The van der Waals surface area contributed by atoms with Crippen LogP contribution in [0.3, 0.4) is 0 Å². The number of non-ortho nitro benzene ring substituents is 1. The smallest absolute Gasteiger partial charge is 0.270 e. The number of carbonyl (C=O) groups is 1. The molecule has 2 unspecified atom stereocenters. The van der Waals surface area contributed by atoms with Crippen LogP contribution in [0.4, 0.5) is 17.1 Å². The molecule has 0 saturated carbocycles. The Hall–Kier alpha value is -4.57. The minimum Gasteiger partial charge on any atom is -0.459 e. The summed E-state index contributed by atoms with van der Waals surface area (Å²) in [4.78, 5) is 29.7. The summed E-state index contributed by atoms with van der Waals surface area (Å²) in [5.74, 6) is 0.937. The fourth-order valence-electron chi connectivity index (χ4n) is 4.58. The molecule has 39 heavy (non-hydrogen) atoms. The van der Waals surface area contributed by atoms with Crippen LogP contribution < -0.4 is 15.5 Å². The minimum atomic E-state index is -0.429. The number of anilines is 2. The number of carbonyl (C=O) groups excluding carboxylic acids is 1. The number of nitro groups is 1. The van der Waals surface area contributed by atoms with Gasteiger partial charge in [0.25, 0.3) is 5.69 Å². The Balaban J connectivity index is 1.55. The van der Waals surface area contributed by atoms with Gasteiger partial charge in [-0.25, -0.2) is 0 Å². The van der Waals surface area contributed by atoms with Gasteiger partial charge in [0.05, 0.1) is 16.7 Å². The minimum absolute atomic E-state index is 0.0118. The fraction of sp³-hybridized carbons (Fsp3) is 0.207. The van der Waals surface area contributed by atoms with Gasteiger partial charge in [-0.2, -0.15) is 0 Å². The zero-order valence-electron chi connectivity index (χ0n) is 21.6. The van der Waals surface area contributed by atoms with Crippen molar-refractivity contribution in [1.82, 2.24) is 10.3 Å². The van der Waals surface area contributed by atoms with Crippen molar-refractivity contribution in [3.05, 3.63) is 106 Å². The zero-order chi connectivity index (χ0) is 27.7. The Morgan fingerprint density at radius 2 is 1.95 bits per heavy atom.